The molecule has 0 spiro atoms. The fraction of sp³-hybridized carbons (Fsp3) is 0.0761. The highest BCUT2D eigenvalue weighted by molar-refractivity contribution is 9.10. The molecule has 11 nitrogen and oxygen atoms in total. The maximum atomic E-state index is 12.1. The molecular formula is C92H66BBrN5O6-. The Hall–Kier alpha value is -12.3. The SMILES string of the molecule is CC1(C)OB(c2ccc3c(c2)c2cccc4c5ccccc5n3c42)OC1(C)C.O=[N+]([O-])c1c(-c2ccc3c(c2)c2cccc4c5ccccc5n3c42)ccc2ccccc12.O=[N+]([O-])c1c(Br)ccc2ccccc12.[2HH].[CH3-].c1ccc2c3c(ccc2c1)-c1cc2c4cccc5c6ccccc6n(c2cc1C3)c54. The van der Waals surface area contributed by atoms with Gasteiger partial charge in [-0.3, -0.25) is 20.2 Å². The van der Waals surface area contributed by atoms with E-state index in [9.17, 15) is 20.2 Å². The number of rotatable bonds is 4. The zero-order chi connectivity index (χ0) is 70.2. The molecule has 1 fully saturated rings. The van der Waals surface area contributed by atoms with Gasteiger partial charge in [-0.2, -0.15) is 0 Å². The number of nitro groups is 2. The summed E-state index contributed by atoms with van der Waals surface area (Å²) in [7, 11) is -0.341. The fourth-order valence-electron chi connectivity index (χ4n) is 17.2. The molecule has 0 radical (unpaired) electrons. The van der Waals surface area contributed by atoms with Gasteiger partial charge in [0.2, 0.25) is 0 Å². The predicted octanol–water partition coefficient (Wildman–Crippen LogP) is 24.5. The summed E-state index contributed by atoms with van der Waals surface area (Å²) >= 11 is 3.18. The standard InChI is InChI=1S/C29H17N.C28H16N2O2.C24H22BNO2.C10H6BrNO2.CH3.H2/c1-2-7-19-17(6-1)12-13-20-24-16-26-23-10-5-9-22-21-8-3-4-11-27(21)30(29(22)23)28(26)15-18(24)14-25(19)20;31-30(32)28-19-7-2-1-6-17(19)12-14-20(28)18-13-15-26-24(16-18)23-10-5-9-22-21-8-3-4-11-25(21)29(26)27(22)23;1-23(2)24(3,4)28-25(27-23)15-12-13-21-19(14-15)18-10-7-9-17-16-8-5-6-11-20(16)26(21)22(17)18;11-9-6-5-7-3-1-2-4-8(7)10(9)12(13)14;;/h1-13,15-16H,14H2;1-16H;5-14H,1-4H3;1-6H;1H3;1H/q;;;;-1;/i;;;;;1+1. The van der Waals surface area contributed by atoms with Crippen molar-refractivity contribution < 1.29 is 20.6 Å². The maximum Gasteiger partial charge on any atom is 0.494 e. The first-order chi connectivity index (χ1) is 50.7. The van der Waals surface area contributed by atoms with Gasteiger partial charge in [0, 0.05) is 66.1 Å². The molecule has 0 amide bonds. The first kappa shape index (κ1) is 63.7. The second-order valence-corrected chi connectivity index (χ2v) is 29.4. The summed E-state index contributed by atoms with van der Waals surface area (Å²) in [5.41, 5.74) is 19.2. The van der Waals surface area contributed by atoms with E-state index in [4.69, 9.17) is 9.31 Å². The highest BCUT2D eigenvalue weighted by Crippen LogP contribution is 2.48. The molecule has 15 aromatic carbocycles. The fourth-order valence-corrected chi connectivity index (χ4v) is 17.7. The van der Waals surface area contributed by atoms with Gasteiger partial charge in [0.1, 0.15) is 0 Å². The number of nitrogens with zero attached hydrogens (tertiary/aromatic N) is 5. The molecule has 1 aliphatic carbocycles. The van der Waals surface area contributed by atoms with Crippen LogP contribution in [0.25, 0.3) is 169 Å². The molecule has 6 aromatic heterocycles. The van der Waals surface area contributed by atoms with Crippen LogP contribution >= 0.6 is 15.9 Å². The quantitative estimate of drug-likeness (QED) is 0.0750. The highest BCUT2D eigenvalue weighted by atomic mass is 79.9. The second-order valence-electron chi connectivity index (χ2n) is 28.6. The molecule has 1 aliphatic heterocycles. The molecule has 21 aromatic rings. The van der Waals surface area contributed by atoms with E-state index >= 15 is 0 Å². The number of nitro benzene ring substituents is 2. The Labute approximate surface area is 612 Å². The molecule has 13 heteroatoms. The summed E-state index contributed by atoms with van der Waals surface area (Å²) < 4.78 is 20.3. The Bertz CT molecular complexity index is 7210. The zero-order valence-corrected chi connectivity index (χ0v) is 59.6. The van der Waals surface area contributed by atoms with Crippen molar-refractivity contribution in [2.75, 3.05) is 0 Å². The van der Waals surface area contributed by atoms with Crippen LogP contribution in [0.3, 0.4) is 0 Å². The predicted molar refractivity (Wildman–Crippen MR) is 441 cm³/mol. The van der Waals surface area contributed by atoms with Crippen molar-refractivity contribution in [1.82, 2.24) is 13.2 Å². The molecule has 2 aliphatic rings. The molecular weight excluding hydrogens is 1360 g/mol. The molecule has 1 saturated heterocycles. The van der Waals surface area contributed by atoms with Crippen LogP contribution in [0.2, 0.25) is 0 Å². The molecule has 0 saturated carbocycles. The van der Waals surface area contributed by atoms with E-state index in [-0.39, 0.29) is 48.4 Å². The van der Waals surface area contributed by atoms with Gasteiger partial charge < -0.3 is 29.9 Å². The first-order valence-electron chi connectivity index (χ1n) is 35.1. The van der Waals surface area contributed by atoms with Crippen LogP contribution in [-0.4, -0.2) is 41.4 Å². The van der Waals surface area contributed by atoms with Gasteiger partial charge >= 0.3 is 7.12 Å². The minimum atomic E-state index is -0.369. The number of halogens is 1. The second kappa shape index (κ2) is 23.6. The van der Waals surface area contributed by atoms with Crippen molar-refractivity contribution in [3.05, 3.63) is 328 Å². The van der Waals surface area contributed by atoms with Gasteiger partial charge in [-0.05, 0) is 178 Å². The van der Waals surface area contributed by atoms with E-state index < -0.39 is 0 Å². The summed E-state index contributed by atoms with van der Waals surface area (Å²) in [6.07, 6.45) is 1.01. The Morgan fingerprint density at radius 1 is 0.362 bits per heavy atom. The lowest BCUT2D eigenvalue weighted by atomic mass is 9.78. The first-order valence-corrected chi connectivity index (χ1v) is 35.9. The van der Waals surface area contributed by atoms with Gasteiger partial charge in [-0.25, -0.2) is 0 Å². The van der Waals surface area contributed by atoms with E-state index in [0.29, 0.717) is 20.8 Å². The summed E-state index contributed by atoms with van der Waals surface area (Å²) in [5.74, 6) is 0. The zero-order valence-electron chi connectivity index (χ0n) is 58.0. The number of benzene rings is 15. The van der Waals surface area contributed by atoms with Gasteiger partial charge in [-0.1, -0.05) is 212 Å². The summed E-state index contributed by atoms with van der Waals surface area (Å²) in [4.78, 5) is 22.3. The maximum absolute atomic E-state index is 12.1. The Morgan fingerprint density at radius 2 is 0.743 bits per heavy atom. The van der Waals surface area contributed by atoms with Crippen LogP contribution in [0.1, 0.15) is 40.2 Å². The minimum absolute atomic E-state index is 0. The van der Waals surface area contributed by atoms with Crippen molar-refractivity contribution in [2.24, 2.45) is 0 Å². The summed E-state index contributed by atoms with van der Waals surface area (Å²) in [5, 5.41) is 44.0. The van der Waals surface area contributed by atoms with Gasteiger partial charge in [0.05, 0.1) is 91.5 Å². The van der Waals surface area contributed by atoms with Crippen LogP contribution in [-0.2, 0) is 15.7 Å². The largest absolute Gasteiger partial charge is 0.494 e. The lowest BCUT2D eigenvalue weighted by Crippen LogP contribution is -2.41. The molecule has 23 rings (SSSR count). The number of hydrogen-bond acceptors (Lipinski definition) is 6. The van der Waals surface area contributed by atoms with Gasteiger partial charge in [-0.15, -0.1) is 0 Å². The number of hydrogen-bond donors (Lipinski definition) is 0. The third kappa shape index (κ3) is 9.44. The molecule has 105 heavy (non-hydrogen) atoms. The Morgan fingerprint density at radius 3 is 1.26 bits per heavy atom. The van der Waals surface area contributed by atoms with Crippen LogP contribution in [0.4, 0.5) is 11.4 Å². The lowest BCUT2D eigenvalue weighted by molar-refractivity contribution is -0.383. The van der Waals surface area contributed by atoms with Crippen molar-refractivity contribution in [2.45, 2.75) is 45.3 Å². The Balaban J connectivity index is 0.000000103. The summed E-state index contributed by atoms with van der Waals surface area (Å²) in [6, 6.07) is 98.8. The molecule has 7 heterocycles. The summed E-state index contributed by atoms with van der Waals surface area (Å²) in [6.45, 7) is 8.38. The third-order valence-corrected chi connectivity index (χ3v) is 23.2. The van der Waals surface area contributed by atoms with Gasteiger partial charge in [0.15, 0.2) is 0 Å². The third-order valence-electron chi connectivity index (χ3n) is 22.6. The average molecular weight is 1430 g/mol. The normalized spacial score (nSPS) is 13.9. The van der Waals surface area contributed by atoms with E-state index in [2.05, 4.69) is 263 Å². The Kier molecular flexibility index (Phi) is 14.3. The molecule has 0 N–H and O–H groups in total. The molecule has 0 unspecified atom stereocenters. The monoisotopic (exact) mass is 1430 g/mol. The topological polar surface area (TPSA) is 118 Å². The lowest BCUT2D eigenvalue weighted by Gasteiger charge is -2.32. The minimum Gasteiger partial charge on any atom is -0.399 e. The molecule has 0 bridgehead atoms. The van der Waals surface area contributed by atoms with E-state index in [0.717, 1.165) is 39.1 Å². The number of para-hydroxylation sites is 6. The van der Waals surface area contributed by atoms with E-state index in [1.807, 2.05) is 60.7 Å². The van der Waals surface area contributed by atoms with Crippen LogP contribution in [0.15, 0.2) is 290 Å². The average Bonchev–Trinajstić information content (AvgIpc) is 1.56. The van der Waals surface area contributed by atoms with Crippen molar-refractivity contribution in [3.63, 3.8) is 0 Å². The van der Waals surface area contributed by atoms with E-state index in [1.54, 1.807) is 18.2 Å². The van der Waals surface area contributed by atoms with Crippen molar-refractivity contribution in [1.29, 1.82) is 0 Å². The number of fused-ring (bicyclic) bond motifs is 25. The van der Waals surface area contributed by atoms with Crippen molar-refractivity contribution in [3.8, 4) is 22.3 Å². The smallest absolute Gasteiger partial charge is 0.399 e. The highest BCUT2D eigenvalue weighted by Gasteiger charge is 2.52. The van der Waals surface area contributed by atoms with Gasteiger partial charge in [0.25, 0.3) is 11.4 Å². The van der Waals surface area contributed by atoms with Crippen LogP contribution < -0.4 is 5.46 Å². The molecule has 0 atom stereocenters. The van der Waals surface area contributed by atoms with E-state index in [1.165, 1.54) is 136 Å². The molecule has 506 valence electrons. The number of aromatic nitrogens is 3. The van der Waals surface area contributed by atoms with Crippen LogP contribution in [0.5, 0.6) is 0 Å². The van der Waals surface area contributed by atoms with Crippen LogP contribution in [0, 0.1) is 27.7 Å². The van der Waals surface area contributed by atoms with Crippen molar-refractivity contribution >= 4 is 186 Å².